The molecule has 65 heavy (non-hydrogen) atoms. The van der Waals surface area contributed by atoms with Gasteiger partial charge >= 0.3 is 0 Å². The highest BCUT2D eigenvalue weighted by molar-refractivity contribution is 7.02. The summed E-state index contributed by atoms with van der Waals surface area (Å²) in [5.74, 6) is 0. The molecule has 0 aliphatic carbocycles. The highest BCUT2D eigenvalue weighted by Gasteiger charge is 2.46. The first kappa shape index (κ1) is 40.4. The molecule has 2 aliphatic heterocycles. The van der Waals surface area contributed by atoms with Crippen LogP contribution in [0, 0.1) is 0 Å². The third kappa shape index (κ3) is 6.89. The van der Waals surface area contributed by atoms with Crippen LogP contribution in [-0.2, 0) is 10.8 Å². The predicted octanol–water partition coefficient (Wildman–Crippen LogP) is 15.0. The van der Waals surface area contributed by atoms with E-state index < -0.39 is 0 Å². The summed E-state index contributed by atoms with van der Waals surface area (Å²) in [5, 5.41) is 0. The summed E-state index contributed by atoms with van der Waals surface area (Å²) in [7, 11) is 0. The summed E-state index contributed by atoms with van der Waals surface area (Å²) in [5.41, 5.74) is 23.5. The average Bonchev–Trinajstić information content (AvgIpc) is 3.33. The zero-order valence-electron chi connectivity index (χ0n) is 38.2. The summed E-state index contributed by atoms with van der Waals surface area (Å²) < 4.78 is 0. The Labute approximate surface area is 385 Å². The van der Waals surface area contributed by atoms with E-state index in [2.05, 4.69) is 264 Å². The van der Waals surface area contributed by atoms with E-state index in [1.165, 1.54) is 94.8 Å². The van der Waals surface area contributed by atoms with Crippen LogP contribution in [0.5, 0.6) is 0 Å². The molecule has 3 heteroatoms. The fourth-order valence-electron chi connectivity index (χ4n) is 10.4. The molecule has 2 aliphatic rings. The Kier molecular flexibility index (Phi) is 9.77. The fourth-order valence-corrected chi connectivity index (χ4v) is 10.4. The highest BCUT2D eigenvalue weighted by atomic mass is 15.2. The topological polar surface area (TPSA) is 6.48 Å². The standard InChI is InChI=1S/C62H53BN2/c1-61(2,3)46-38-34-44(35-39-46)48-24-13-15-28-52(48)64-54-30-17-26-50(42-20-9-7-10-21-42)58(54)63-59-51(43-22-11-8-12-23-43)27-18-31-55(59)65(57-33-19-32-56(64)60(57)63)53-29-16-14-25-49(53)45-36-40-47(41-37-45)62(4,5)6/h7-41H,1-6H3. The van der Waals surface area contributed by atoms with Crippen LogP contribution in [0.2, 0.25) is 0 Å². The van der Waals surface area contributed by atoms with E-state index in [-0.39, 0.29) is 17.5 Å². The van der Waals surface area contributed by atoms with E-state index in [0.29, 0.717) is 0 Å². The first-order valence-electron chi connectivity index (χ1n) is 23.1. The zero-order chi connectivity index (χ0) is 44.5. The van der Waals surface area contributed by atoms with Crippen LogP contribution in [0.3, 0.4) is 0 Å². The summed E-state index contributed by atoms with van der Waals surface area (Å²) in [6.07, 6.45) is 0. The molecule has 0 unspecified atom stereocenters. The lowest BCUT2D eigenvalue weighted by molar-refractivity contribution is 0.590. The molecule has 2 heterocycles. The molecular formula is C62H53BN2. The van der Waals surface area contributed by atoms with Crippen molar-refractivity contribution in [1.29, 1.82) is 0 Å². The van der Waals surface area contributed by atoms with Gasteiger partial charge in [0.2, 0.25) is 0 Å². The van der Waals surface area contributed by atoms with Crippen molar-refractivity contribution >= 4 is 57.2 Å². The van der Waals surface area contributed by atoms with E-state index in [4.69, 9.17) is 0 Å². The molecule has 11 rings (SSSR count). The lowest BCUT2D eigenvalue weighted by Gasteiger charge is -2.46. The fraction of sp³-hybridized carbons (Fsp3) is 0.129. The van der Waals surface area contributed by atoms with Crippen molar-refractivity contribution in [1.82, 2.24) is 0 Å². The number of hydrogen-bond donors (Lipinski definition) is 0. The van der Waals surface area contributed by atoms with Crippen molar-refractivity contribution in [3.63, 3.8) is 0 Å². The molecule has 0 fully saturated rings. The van der Waals surface area contributed by atoms with Crippen molar-refractivity contribution in [3.05, 3.63) is 223 Å². The SMILES string of the molecule is CC(C)(C)c1ccc(-c2ccccc2N2c3cccc(-c4ccccc4)c3B3c4c(-c5ccccc5)cccc4N(c4ccccc4-c4ccc(C(C)(C)C)cc4)c4cccc2c43)cc1. The summed E-state index contributed by atoms with van der Waals surface area (Å²) in [6, 6.07) is 79.3. The summed E-state index contributed by atoms with van der Waals surface area (Å²) >= 11 is 0. The zero-order valence-corrected chi connectivity index (χ0v) is 38.2. The lowest BCUT2D eigenvalue weighted by Crippen LogP contribution is -2.62. The van der Waals surface area contributed by atoms with E-state index in [1.54, 1.807) is 0 Å². The van der Waals surface area contributed by atoms with Gasteiger partial charge in [-0.2, -0.15) is 0 Å². The van der Waals surface area contributed by atoms with Crippen LogP contribution in [0.25, 0.3) is 44.5 Å². The van der Waals surface area contributed by atoms with Crippen LogP contribution >= 0.6 is 0 Å². The van der Waals surface area contributed by atoms with Crippen LogP contribution < -0.4 is 26.2 Å². The lowest BCUT2D eigenvalue weighted by atomic mass is 9.32. The van der Waals surface area contributed by atoms with E-state index in [9.17, 15) is 0 Å². The van der Waals surface area contributed by atoms with Gasteiger partial charge in [-0.1, -0.05) is 217 Å². The summed E-state index contributed by atoms with van der Waals surface area (Å²) in [4.78, 5) is 5.13. The first-order valence-corrected chi connectivity index (χ1v) is 23.1. The highest BCUT2D eigenvalue weighted by Crippen LogP contribution is 2.49. The number of para-hydroxylation sites is 2. The normalized spacial score (nSPS) is 13.0. The molecule has 0 amide bonds. The third-order valence-electron chi connectivity index (χ3n) is 13.6. The third-order valence-corrected chi connectivity index (χ3v) is 13.6. The Morgan fingerprint density at radius 2 is 0.554 bits per heavy atom. The molecule has 314 valence electrons. The van der Waals surface area contributed by atoms with Crippen molar-refractivity contribution in [2.45, 2.75) is 52.4 Å². The van der Waals surface area contributed by atoms with Gasteiger partial charge in [0.25, 0.3) is 6.71 Å². The van der Waals surface area contributed by atoms with Crippen molar-refractivity contribution in [2.24, 2.45) is 0 Å². The number of benzene rings is 9. The Balaban J connectivity index is 1.23. The van der Waals surface area contributed by atoms with E-state index in [0.717, 1.165) is 11.4 Å². The monoisotopic (exact) mass is 836 g/mol. The smallest absolute Gasteiger partial charge is 0.253 e. The van der Waals surface area contributed by atoms with Crippen molar-refractivity contribution < 1.29 is 0 Å². The minimum absolute atomic E-state index is 0.0606. The van der Waals surface area contributed by atoms with Gasteiger partial charge in [0.1, 0.15) is 0 Å². The van der Waals surface area contributed by atoms with Gasteiger partial charge in [-0.3, -0.25) is 0 Å². The molecule has 0 bridgehead atoms. The number of nitrogens with zero attached hydrogens (tertiary/aromatic N) is 2. The molecule has 0 N–H and O–H groups in total. The maximum Gasteiger partial charge on any atom is 0.253 e. The van der Waals surface area contributed by atoms with Crippen LogP contribution in [0.4, 0.5) is 34.1 Å². The second-order valence-corrected chi connectivity index (χ2v) is 19.7. The number of hydrogen-bond acceptors (Lipinski definition) is 2. The molecule has 9 aromatic carbocycles. The Morgan fingerprint density at radius 1 is 0.262 bits per heavy atom. The predicted molar refractivity (Wildman–Crippen MR) is 280 cm³/mol. The van der Waals surface area contributed by atoms with Gasteiger partial charge in [0.15, 0.2) is 0 Å². The van der Waals surface area contributed by atoms with Gasteiger partial charge in [-0.05, 0) is 108 Å². The van der Waals surface area contributed by atoms with E-state index >= 15 is 0 Å². The average molecular weight is 837 g/mol. The van der Waals surface area contributed by atoms with Crippen LogP contribution in [0.1, 0.15) is 52.7 Å². The van der Waals surface area contributed by atoms with Crippen molar-refractivity contribution in [3.8, 4) is 44.5 Å². The second-order valence-electron chi connectivity index (χ2n) is 19.7. The second kappa shape index (κ2) is 15.7. The summed E-state index contributed by atoms with van der Waals surface area (Å²) in [6.45, 7) is 13.6. The maximum absolute atomic E-state index is 2.57. The molecule has 2 nitrogen and oxygen atoms in total. The molecule has 0 radical (unpaired) electrons. The minimum Gasteiger partial charge on any atom is -0.311 e. The largest absolute Gasteiger partial charge is 0.311 e. The number of fused-ring (bicyclic) bond motifs is 4. The number of anilines is 6. The quantitative estimate of drug-likeness (QED) is 0.154. The Morgan fingerprint density at radius 3 is 0.938 bits per heavy atom. The molecule has 0 saturated heterocycles. The van der Waals surface area contributed by atoms with Gasteiger partial charge in [-0.25, -0.2) is 0 Å². The number of rotatable bonds is 6. The van der Waals surface area contributed by atoms with Gasteiger partial charge in [0, 0.05) is 33.9 Å². The maximum atomic E-state index is 2.57. The molecule has 9 aromatic rings. The van der Waals surface area contributed by atoms with E-state index in [1.807, 2.05) is 0 Å². The molecule has 0 spiro atoms. The van der Waals surface area contributed by atoms with Crippen molar-refractivity contribution in [2.75, 3.05) is 9.80 Å². The Hall–Kier alpha value is -7.36. The van der Waals surface area contributed by atoms with Gasteiger partial charge in [0.05, 0.1) is 11.4 Å². The minimum atomic E-state index is -0.0806. The molecule has 0 atom stereocenters. The Bertz CT molecular complexity index is 3000. The first-order chi connectivity index (χ1) is 31.6. The molecule has 0 saturated carbocycles. The molecular weight excluding hydrogens is 784 g/mol. The van der Waals surface area contributed by atoms with Crippen LogP contribution in [0.15, 0.2) is 212 Å². The molecule has 0 aromatic heterocycles. The van der Waals surface area contributed by atoms with Gasteiger partial charge in [-0.15, -0.1) is 0 Å². The van der Waals surface area contributed by atoms with Crippen LogP contribution in [-0.4, -0.2) is 6.71 Å². The van der Waals surface area contributed by atoms with Gasteiger partial charge < -0.3 is 9.80 Å².